The van der Waals surface area contributed by atoms with Gasteiger partial charge >= 0.3 is 0 Å². The average molecular weight is 340 g/mol. The van der Waals surface area contributed by atoms with E-state index >= 15 is 0 Å². The van der Waals surface area contributed by atoms with Crippen molar-refractivity contribution in [2.24, 2.45) is 5.92 Å². The number of aromatic nitrogens is 1. The van der Waals surface area contributed by atoms with Gasteiger partial charge in [-0.3, -0.25) is 4.79 Å². The van der Waals surface area contributed by atoms with E-state index in [1.165, 1.54) is 0 Å². The zero-order valence-electron chi connectivity index (χ0n) is 15.2. The standard InChI is InChI=1S/C21H28N2O2/c1-3-21(25,4-2)15-16-10-12-23(13-11-16)20(24)19-14-17-8-6-5-7-9-18(17)22-19/h6-9,14,16,22,25H,3-4,10-13,15H2,1-2H3. The molecule has 0 atom stereocenters. The third kappa shape index (κ3) is 3.97. The summed E-state index contributed by atoms with van der Waals surface area (Å²) in [4.78, 5) is 18.0. The van der Waals surface area contributed by atoms with Crippen molar-refractivity contribution in [3.63, 3.8) is 0 Å². The van der Waals surface area contributed by atoms with Crippen molar-refractivity contribution in [2.75, 3.05) is 13.1 Å². The summed E-state index contributed by atoms with van der Waals surface area (Å²) in [5, 5.41) is 12.5. The number of hydrogen-bond acceptors (Lipinski definition) is 2. The minimum atomic E-state index is -0.541. The molecule has 3 rings (SSSR count). The van der Waals surface area contributed by atoms with Gasteiger partial charge in [-0.15, -0.1) is 5.73 Å². The lowest BCUT2D eigenvalue weighted by Crippen LogP contribution is -2.41. The van der Waals surface area contributed by atoms with Gasteiger partial charge in [0.2, 0.25) is 0 Å². The molecule has 1 fully saturated rings. The van der Waals surface area contributed by atoms with Crippen LogP contribution in [0.2, 0.25) is 0 Å². The van der Waals surface area contributed by atoms with E-state index in [2.05, 4.69) is 24.6 Å². The van der Waals surface area contributed by atoms with E-state index < -0.39 is 5.60 Å². The number of fused-ring (bicyclic) bond motifs is 1. The first-order valence-electron chi connectivity index (χ1n) is 9.38. The lowest BCUT2D eigenvalue weighted by Gasteiger charge is -2.36. The molecule has 1 aliphatic carbocycles. The van der Waals surface area contributed by atoms with Gasteiger partial charge in [-0.2, -0.15) is 0 Å². The first-order valence-corrected chi connectivity index (χ1v) is 9.38. The Kier molecular flexibility index (Phi) is 5.31. The summed E-state index contributed by atoms with van der Waals surface area (Å²) in [6.45, 7) is 5.64. The van der Waals surface area contributed by atoms with Gasteiger partial charge in [-0.25, -0.2) is 0 Å². The van der Waals surface area contributed by atoms with Gasteiger partial charge in [-0.1, -0.05) is 13.8 Å². The molecule has 0 unspecified atom stereocenters. The molecule has 0 saturated carbocycles. The summed E-state index contributed by atoms with van der Waals surface area (Å²) >= 11 is 0. The van der Waals surface area contributed by atoms with E-state index in [4.69, 9.17) is 0 Å². The van der Waals surface area contributed by atoms with Gasteiger partial charge in [0.1, 0.15) is 5.69 Å². The van der Waals surface area contributed by atoms with Crippen LogP contribution in [-0.2, 0) is 0 Å². The maximum Gasteiger partial charge on any atom is 0.270 e. The minimum absolute atomic E-state index is 0.0718. The van der Waals surface area contributed by atoms with Crippen LogP contribution in [0, 0.1) is 5.92 Å². The first kappa shape index (κ1) is 17.8. The average Bonchev–Trinajstić information content (AvgIpc) is 2.92. The molecule has 2 aliphatic rings. The Morgan fingerprint density at radius 2 is 1.96 bits per heavy atom. The number of aliphatic hydroxyl groups is 1. The first-order chi connectivity index (χ1) is 12.0. The highest BCUT2D eigenvalue weighted by molar-refractivity contribution is 5.92. The van der Waals surface area contributed by atoms with Gasteiger partial charge in [0.05, 0.1) is 5.60 Å². The third-order valence-corrected chi connectivity index (χ3v) is 5.70. The molecular weight excluding hydrogens is 312 g/mol. The topological polar surface area (TPSA) is 56.3 Å². The maximum atomic E-state index is 12.8. The van der Waals surface area contributed by atoms with Crippen molar-refractivity contribution in [2.45, 2.75) is 51.6 Å². The zero-order chi connectivity index (χ0) is 17.9. The van der Waals surface area contributed by atoms with Crippen LogP contribution in [0.3, 0.4) is 0 Å². The molecule has 2 heterocycles. The monoisotopic (exact) mass is 340 g/mol. The number of nitrogens with one attached hydrogen (secondary N) is 1. The van der Waals surface area contributed by atoms with Crippen molar-refractivity contribution in [3.05, 3.63) is 40.2 Å². The number of amides is 1. The second-order valence-electron chi connectivity index (χ2n) is 7.26. The van der Waals surface area contributed by atoms with Crippen LogP contribution < -0.4 is 10.6 Å². The summed E-state index contributed by atoms with van der Waals surface area (Å²) in [7, 11) is 0. The van der Waals surface area contributed by atoms with E-state index in [1.54, 1.807) is 0 Å². The van der Waals surface area contributed by atoms with Gasteiger partial charge in [0, 0.05) is 23.7 Å². The van der Waals surface area contributed by atoms with Crippen molar-refractivity contribution in [1.82, 2.24) is 9.88 Å². The van der Waals surface area contributed by atoms with Crippen LogP contribution in [0.25, 0.3) is 12.2 Å². The van der Waals surface area contributed by atoms with Crippen LogP contribution in [0.1, 0.15) is 56.4 Å². The fourth-order valence-corrected chi connectivity index (χ4v) is 3.79. The second-order valence-corrected chi connectivity index (χ2v) is 7.26. The molecule has 25 heavy (non-hydrogen) atoms. The molecule has 1 aromatic rings. The molecular formula is C21H28N2O2. The molecule has 1 aromatic heterocycles. The van der Waals surface area contributed by atoms with Crippen LogP contribution in [0.15, 0.2) is 23.9 Å². The molecule has 0 radical (unpaired) electrons. The fourth-order valence-electron chi connectivity index (χ4n) is 3.79. The zero-order valence-corrected chi connectivity index (χ0v) is 15.2. The highest BCUT2D eigenvalue weighted by atomic mass is 16.3. The number of piperidine rings is 1. The fraction of sp³-hybridized carbons (Fsp3) is 0.524. The van der Waals surface area contributed by atoms with E-state index in [-0.39, 0.29) is 5.91 Å². The number of carbonyl (C=O) groups is 1. The molecule has 1 aliphatic heterocycles. The van der Waals surface area contributed by atoms with Gasteiger partial charge in [0.15, 0.2) is 0 Å². The largest absolute Gasteiger partial charge is 0.390 e. The number of carbonyl (C=O) groups excluding carboxylic acids is 1. The molecule has 134 valence electrons. The molecule has 1 saturated heterocycles. The summed E-state index contributed by atoms with van der Waals surface area (Å²) in [5.41, 5.74) is 3.14. The molecule has 2 N–H and O–H groups in total. The van der Waals surface area contributed by atoms with Crippen molar-refractivity contribution < 1.29 is 9.90 Å². The Balaban J connectivity index is 1.63. The van der Waals surface area contributed by atoms with Crippen molar-refractivity contribution in [1.29, 1.82) is 0 Å². The Morgan fingerprint density at radius 3 is 2.64 bits per heavy atom. The van der Waals surface area contributed by atoms with E-state index in [9.17, 15) is 9.90 Å². The summed E-state index contributed by atoms with van der Waals surface area (Å²) < 4.78 is 0. The quantitative estimate of drug-likeness (QED) is 0.807. The van der Waals surface area contributed by atoms with E-state index in [0.717, 1.165) is 55.8 Å². The Labute approximate surface area is 149 Å². The predicted octanol–water partition coefficient (Wildman–Crippen LogP) is 2.09. The molecule has 4 heteroatoms. The smallest absolute Gasteiger partial charge is 0.270 e. The Bertz CT molecular complexity index is 762. The van der Waals surface area contributed by atoms with E-state index in [1.807, 2.05) is 35.3 Å². The third-order valence-electron chi connectivity index (χ3n) is 5.70. The van der Waals surface area contributed by atoms with Crippen molar-refractivity contribution in [3.8, 4) is 0 Å². The summed E-state index contributed by atoms with van der Waals surface area (Å²) in [5.74, 6) is 0.578. The normalized spacial score (nSPS) is 17.6. The number of rotatable bonds is 5. The number of hydrogen-bond donors (Lipinski definition) is 2. The Morgan fingerprint density at radius 1 is 1.28 bits per heavy atom. The van der Waals surface area contributed by atoms with Crippen LogP contribution in [0.5, 0.6) is 0 Å². The van der Waals surface area contributed by atoms with Gasteiger partial charge < -0.3 is 15.0 Å². The van der Waals surface area contributed by atoms with Gasteiger partial charge in [0.25, 0.3) is 5.91 Å². The van der Waals surface area contributed by atoms with Gasteiger partial charge in [-0.05, 0) is 68.4 Å². The highest BCUT2D eigenvalue weighted by Gasteiger charge is 2.30. The summed E-state index contributed by atoms with van der Waals surface area (Å²) in [6, 6.07) is 1.92. The molecule has 0 spiro atoms. The lowest BCUT2D eigenvalue weighted by molar-refractivity contribution is -0.00131. The molecule has 0 aromatic carbocycles. The second kappa shape index (κ2) is 7.47. The number of likely N-dealkylation sites (tertiary alicyclic amines) is 1. The molecule has 4 nitrogen and oxygen atoms in total. The number of nitrogens with zero attached hydrogens (tertiary/aromatic N) is 1. The van der Waals surface area contributed by atoms with E-state index in [0.29, 0.717) is 11.6 Å². The minimum Gasteiger partial charge on any atom is -0.390 e. The van der Waals surface area contributed by atoms with Crippen LogP contribution in [0.4, 0.5) is 0 Å². The maximum absolute atomic E-state index is 12.8. The predicted molar refractivity (Wildman–Crippen MR) is 100 cm³/mol. The van der Waals surface area contributed by atoms with Crippen LogP contribution in [-0.4, -0.2) is 39.6 Å². The highest BCUT2D eigenvalue weighted by Crippen LogP contribution is 2.30. The van der Waals surface area contributed by atoms with Crippen molar-refractivity contribution >= 4 is 18.1 Å². The summed E-state index contributed by atoms with van der Waals surface area (Å²) in [6.07, 6.45) is 12.0. The SMILES string of the molecule is CCC(O)(CC)CC1CCN(C(=O)c2cc3c([nH]2)=CC=C=CC=3)CC1. The number of allylic oxidation sites excluding steroid dienone is 1. The number of H-pyrrole nitrogens is 1. The number of aromatic amines is 1. The molecule has 0 bridgehead atoms. The van der Waals surface area contributed by atoms with Crippen LogP contribution >= 0.6 is 0 Å². The molecule has 1 amide bonds. The lowest BCUT2D eigenvalue weighted by atomic mass is 9.82. The Hall–Kier alpha value is -2.03.